The van der Waals surface area contributed by atoms with Crippen molar-refractivity contribution in [3.05, 3.63) is 52.8 Å². The van der Waals surface area contributed by atoms with Gasteiger partial charge in [0.2, 0.25) is 0 Å². The van der Waals surface area contributed by atoms with Crippen LogP contribution in [0.2, 0.25) is 0 Å². The lowest BCUT2D eigenvalue weighted by Crippen LogP contribution is -2.25. The van der Waals surface area contributed by atoms with E-state index in [2.05, 4.69) is 16.0 Å². The quantitative estimate of drug-likeness (QED) is 0.905. The Labute approximate surface area is 149 Å². The van der Waals surface area contributed by atoms with Crippen LogP contribution in [-0.2, 0) is 6.54 Å². The van der Waals surface area contributed by atoms with E-state index in [4.69, 9.17) is 9.47 Å². The first-order valence-electron chi connectivity index (χ1n) is 8.58. The van der Waals surface area contributed by atoms with Gasteiger partial charge in [0.1, 0.15) is 11.5 Å². The number of benzene rings is 1. The second kappa shape index (κ2) is 7.42. The molecule has 5 nitrogen and oxygen atoms in total. The van der Waals surface area contributed by atoms with Crippen molar-refractivity contribution in [1.29, 1.82) is 0 Å². The van der Waals surface area contributed by atoms with Gasteiger partial charge in [-0.2, -0.15) is 0 Å². The molecule has 0 unspecified atom stereocenters. The third-order valence-electron chi connectivity index (χ3n) is 4.96. The normalized spacial score (nSPS) is 20.7. The lowest BCUT2D eigenvalue weighted by molar-refractivity contribution is 0.172. The monoisotopic (exact) mass is 342 g/mol. The molecule has 1 aromatic heterocycles. The van der Waals surface area contributed by atoms with Crippen molar-refractivity contribution in [2.45, 2.75) is 39.0 Å². The fraction of sp³-hybridized carbons (Fsp3) is 0.450. The summed E-state index contributed by atoms with van der Waals surface area (Å²) in [5.74, 6) is 1.73. The molecule has 1 aromatic carbocycles. The number of pyridine rings is 1. The first kappa shape index (κ1) is 17.7. The number of β-amino-alcohol motifs (C(OH)–C–C–N with tert-alkyl or cyclic N) is 1. The lowest BCUT2D eigenvalue weighted by Gasteiger charge is -2.25. The Morgan fingerprint density at radius 2 is 2.04 bits per heavy atom. The Morgan fingerprint density at radius 1 is 1.24 bits per heavy atom. The van der Waals surface area contributed by atoms with E-state index < -0.39 is 0 Å². The third-order valence-corrected chi connectivity index (χ3v) is 4.96. The highest BCUT2D eigenvalue weighted by molar-refractivity contribution is 5.41. The highest BCUT2D eigenvalue weighted by atomic mass is 16.5. The molecule has 134 valence electrons. The zero-order valence-corrected chi connectivity index (χ0v) is 15.3. The molecule has 2 aromatic rings. The molecule has 1 fully saturated rings. The van der Waals surface area contributed by atoms with Crippen LogP contribution in [0.3, 0.4) is 0 Å². The van der Waals surface area contributed by atoms with Gasteiger partial charge in [0.15, 0.2) is 0 Å². The maximum atomic E-state index is 10.2. The Hall–Kier alpha value is -2.11. The molecule has 1 aliphatic rings. The van der Waals surface area contributed by atoms with Crippen LogP contribution < -0.4 is 9.47 Å². The minimum absolute atomic E-state index is 0.151. The van der Waals surface area contributed by atoms with Gasteiger partial charge in [0, 0.05) is 36.5 Å². The number of nitrogens with zero attached hydrogens (tertiary/aromatic N) is 2. The number of aliphatic hydroxyl groups excluding tert-OH is 1. The smallest absolute Gasteiger partial charge is 0.128 e. The summed E-state index contributed by atoms with van der Waals surface area (Å²) >= 11 is 0. The van der Waals surface area contributed by atoms with Gasteiger partial charge >= 0.3 is 0 Å². The van der Waals surface area contributed by atoms with Crippen LogP contribution in [-0.4, -0.2) is 41.9 Å². The first-order chi connectivity index (χ1) is 12.0. The summed E-state index contributed by atoms with van der Waals surface area (Å²) in [4.78, 5) is 6.89. The van der Waals surface area contributed by atoms with Crippen molar-refractivity contribution < 1.29 is 14.6 Å². The molecule has 0 aliphatic carbocycles. The number of likely N-dealkylation sites (tertiary alicyclic amines) is 1. The highest BCUT2D eigenvalue weighted by Crippen LogP contribution is 2.35. The molecule has 5 heteroatoms. The van der Waals surface area contributed by atoms with Gasteiger partial charge in [-0.1, -0.05) is 12.1 Å². The predicted octanol–water partition coefficient (Wildman–Crippen LogP) is 3.02. The minimum Gasteiger partial charge on any atom is -0.497 e. The average Bonchev–Trinajstić information content (AvgIpc) is 2.98. The molecular weight excluding hydrogens is 316 g/mol. The van der Waals surface area contributed by atoms with E-state index in [1.165, 1.54) is 0 Å². The number of ether oxygens (including phenoxy) is 2. The van der Waals surface area contributed by atoms with Crippen LogP contribution in [0.4, 0.5) is 0 Å². The van der Waals surface area contributed by atoms with Gasteiger partial charge < -0.3 is 14.6 Å². The molecule has 25 heavy (non-hydrogen) atoms. The van der Waals surface area contributed by atoms with E-state index in [1.54, 1.807) is 14.2 Å². The minimum atomic E-state index is -0.330. The fourth-order valence-corrected chi connectivity index (χ4v) is 3.67. The summed E-state index contributed by atoms with van der Waals surface area (Å²) in [5, 5.41) is 10.2. The van der Waals surface area contributed by atoms with Crippen LogP contribution in [0.1, 0.15) is 34.8 Å². The Balaban J connectivity index is 1.88. The molecule has 0 amide bonds. The summed E-state index contributed by atoms with van der Waals surface area (Å²) < 4.78 is 10.9. The maximum Gasteiger partial charge on any atom is 0.128 e. The second-order valence-electron chi connectivity index (χ2n) is 6.66. The summed E-state index contributed by atoms with van der Waals surface area (Å²) in [6, 6.07) is 8.23. The topological polar surface area (TPSA) is 54.8 Å². The summed E-state index contributed by atoms with van der Waals surface area (Å²) in [7, 11) is 3.37. The maximum absolute atomic E-state index is 10.2. The number of methoxy groups -OCH3 is 2. The molecule has 1 aliphatic heterocycles. The van der Waals surface area contributed by atoms with E-state index in [-0.39, 0.29) is 12.1 Å². The van der Waals surface area contributed by atoms with Crippen LogP contribution in [0, 0.1) is 13.8 Å². The third kappa shape index (κ3) is 3.62. The summed E-state index contributed by atoms with van der Waals surface area (Å²) in [6.07, 6.45) is 2.24. The second-order valence-corrected chi connectivity index (χ2v) is 6.66. The van der Waals surface area contributed by atoms with Crippen molar-refractivity contribution in [1.82, 2.24) is 9.88 Å². The zero-order valence-electron chi connectivity index (χ0n) is 15.3. The molecule has 3 rings (SSSR count). The summed E-state index contributed by atoms with van der Waals surface area (Å²) in [5.41, 5.74) is 4.25. The van der Waals surface area contributed by atoms with Crippen molar-refractivity contribution in [3.63, 3.8) is 0 Å². The Kier molecular flexibility index (Phi) is 5.25. The number of aromatic nitrogens is 1. The van der Waals surface area contributed by atoms with E-state index in [0.717, 1.165) is 40.3 Å². The molecule has 0 saturated carbocycles. The van der Waals surface area contributed by atoms with E-state index >= 15 is 0 Å². The fourth-order valence-electron chi connectivity index (χ4n) is 3.67. The first-order valence-corrected chi connectivity index (χ1v) is 8.58. The van der Waals surface area contributed by atoms with Crippen LogP contribution in [0.25, 0.3) is 0 Å². The van der Waals surface area contributed by atoms with Gasteiger partial charge in [0.05, 0.1) is 26.0 Å². The summed E-state index contributed by atoms with van der Waals surface area (Å²) in [6.45, 7) is 5.36. The molecule has 1 N–H and O–H groups in total. The zero-order chi connectivity index (χ0) is 18.0. The Bertz CT molecular complexity index is 748. The predicted molar refractivity (Wildman–Crippen MR) is 97.0 cm³/mol. The highest BCUT2D eigenvalue weighted by Gasteiger charge is 2.33. The van der Waals surface area contributed by atoms with Crippen LogP contribution >= 0.6 is 0 Å². The molecule has 2 heterocycles. The van der Waals surface area contributed by atoms with Gasteiger partial charge in [-0.05, 0) is 38.0 Å². The molecule has 2 atom stereocenters. The Morgan fingerprint density at radius 3 is 2.76 bits per heavy atom. The number of rotatable bonds is 5. The van der Waals surface area contributed by atoms with Crippen molar-refractivity contribution in [2.24, 2.45) is 0 Å². The average molecular weight is 342 g/mol. The molecular formula is C20H26N2O3. The van der Waals surface area contributed by atoms with Crippen LogP contribution in [0.5, 0.6) is 11.5 Å². The number of hydrogen-bond donors (Lipinski definition) is 1. The van der Waals surface area contributed by atoms with E-state index in [0.29, 0.717) is 13.1 Å². The standard InChI is InChI=1S/C20H26N2O3/c1-13-10-21-18(14(2)20(13)25-4)12-22-11-16(23)9-19(22)15-6-5-7-17(8-15)24-3/h5-8,10,16,19,23H,9,11-12H2,1-4H3/t16-,19-/m0/s1. The van der Waals surface area contributed by atoms with Gasteiger partial charge in [-0.3, -0.25) is 9.88 Å². The number of hydrogen-bond acceptors (Lipinski definition) is 5. The molecule has 0 spiro atoms. The number of aryl methyl sites for hydroxylation is 1. The molecule has 1 saturated heterocycles. The van der Waals surface area contributed by atoms with E-state index in [1.807, 2.05) is 38.2 Å². The lowest BCUT2D eigenvalue weighted by atomic mass is 10.0. The largest absolute Gasteiger partial charge is 0.497 e. The van der Waals surface area contributed by atoms with Crippen LogP contribution in [0.15, 0.2) is 30.5 Å². The number of aliphatic hydroxyl groups is 1. The van der Waals surface area contributed by atoms with Crippen molar-refractivity contribution >= 4 is 0 Å². The van der Waals surface area contributed by atoms with Gasteiger partial charge in [0.25, 0.3) is 0 Å². The van der Waals surface area contributed by atoms with Crippen molar-refractivity contribution in [3.8, 4) is 11.5 Å². The SMILES string of the molecule is COc1cccc([C@@H]2C[C@H](O)CN2Cc2ncc(C)c(OC)c2C)c1. The van der Waals surface area contributed by atoms with Gasteiger partial charge in [-0.25, -0.2) is 0 Å². The van der Waals surface area contributed by atoms with Gasteiger partial charge in [-0.15, -0.1) is 0 Å². The van der Waals surface area contributed by atoms with Crippen molar-refractivity contribution in [2.75, 3.05) is 20.8 Å². The molecule has 0 bridgehead atoms. The van der Waals surface area contributed by atoms with E-state index in [9.17, 15) is 5.11 Å². The molecule has 0 radical (unpaired) electrons.